The zero-order chi connectivity index (χ0) is 29.8. The van der Waals surface area contributed by atoms with E-state index in [9.17, 15) is 14.4 Å². The van der Waals surface area contributed by atoms with Crippen LogP contribution in [0.5, 0.6) is 17.2 Å². The molecule has 0 radical (unpaired) electrons. The van der Waals surface area contributed by atoms with Crippen LogP contribution < -0.4 is 29.7 Å². The van der Waals surface area contributed by atoms with Crippen molar-refractivity contribution < 1.29 is 28.6 Å². The SMILES string of the molecule is COc1ccc2cc1OCC(=O)NCc1ccc(cc1)O[C@H]1CN(C(=O)c3ccc(N4CCCCC4)cc3)C[C@@H]1NC2=O. The van der Waals surface area contributed by atoms with Crippen LogP contribution in [0.15, 0.2) is 66.7 Å². The molecule has 0 unspecified atom stereocenters. The number of piperidine rings is 1. The molecular formula is C33H36N4O6. The summed E-state index contributed by atoms with van der Waals surface area (Å²) in [4.78, 5) is 43.5. The first kappa shape index (κ1) is 28.4. The number of anilines is 1. The lowest BCUT2D eigenvalue weighted by molar-refractivity contribution is -0.123. The molecule has 4 aliphatic rings. The lowest BCUT2D eigenvalue weighted by Gasteiger charge is -2.29. The van der Waals surface area contributed by atoms with E-state index in [2.05, 4.69) is 15.5 Å². The van der Waals surface area contributed by atoms with Gasteiger partial charge in [0, 0.05) is 43.0 Å². The summed E-state index contributed by atoms with van der Waals surface area (Å²) in [7, 11) is 1.49. The number of rotatable bonds is 3. The van der Waals surface area contributed by atoms with Crippen LogP contribution in [0.25, 0.3) is 0 Å². The molecule has 0 aromatic heterocycles. The van der Waals surface area contributed by atoms with E-state index in [1.165, 1.54) is 26.4 Å². The van der Waals surface area contributed by atoms with Crippen LogP contribution in [0.3, 0.4) is 0 Å². The molecule has 10 heteroatoms. The first-order valence-corrected chi connectivity index (χ1v) is 14.7. The largest absolute Gasteiger partial charge is 0.493 e. The number of methoxy groups -OCH3 is 1. The normalized spacial score (nSPS) is 20.7. The van der Waals surface area contributed by atoms with E-state index in [-0.39, 0.29) is 30.1 Å². The highest BCUT2D eigenvalue weighted by molar-refractivity contribution is 5.96. The summed E-state index contributed by atoms with van der Waals surface area (Å²) in [6, 6.07) is 19.5. The summed E-state index contributed by atoms with van der Waals surface area (Å²) < 4.78 is 17.4. The molecule has 7 rings (SSSR count). The van der Waals surface area contributed by atoms with Crippen LogP contribution in [0.1, 0.15) is 45.5 Å². The average molecular weight is 585 g/mol. The van der Waals surface area contributed by atoms with Gasteiger partial charge in [-0.15, -0.1) is 0 Å². The molecule has 0 saturated carbocycles. The Bertz CT molecular complexity index is 1470. The quantitative estimate of drug-likeness (QED) is 0.486. The first-order chi connectivity index (χ1) is 21.0. The minimum absolute atomic E-state index is 0.107. The van der Waals surface area contributed by atoms with E-state index in [1.807, 2.05) is 48.5 Å². The molecule has 3 aromatic rings. The Labute approximate surface area is 250 Å². The third kappa shape index (κ3) is 6.53. The van der Waals surface area contributed by atoms with Gasteiger partial charge in [-0.3, -0.25) is 14.4 Å². The Kier molecular flexibility index (Phi) is 8.35. The van der Waals surface area contributed by atoms with Gasteiger partial charge in [0.2, 0.25) is 0 Å². The molecule has 4 bridgehead atoms. The number of amides is 3. The first-order valence-electron chi connectivity index (χ1n) is 14.7. The molecule has 43 heavy (non-hydrogen) atoms. The Morgan fingerprint density at radius 2 is 1.70 bits per heavy atom. The van der Waals surface area contributed by atoms with E-state index in [1.54, 1.807) is 23.1 Å². The van der Waals surface area contributed by atoms with Gasteiger partial charge in [-0.2, -0.15) is 0 Å². The van der Waals surface area contributed by atoms with Crippen molar-refractivity contribution in [3.63, 3.8) is 0 Å². The van der Waals surface area contributed by atoms with Crippen molar-refractivity contribution in [1.29, 1.82) is 0 Å². The molecule has 2 N–H and O–H groups in total. The van der Waals surface area contributed by atoms with Crippen molar-refractivity contribution in [2.45, 2.75) is 38.0 Å². The summed E-state index contributed by atoms with van der Waals surface area (Å²) in [6.45, 7) is 2.77. The van der Waals surface area contributed by atoms with Crippen LogP contribution >= 0.6 is 0 Å². The number of fused-ring (bicyclic) bond motifs is 7. The predicted octanol–water partition coefficient (Wildman–Crippen LogP) is 3.40. The molecular weight excluding hydrogens is 548 g/mol. The van der Waals surface area contributed by atoms with Gasteiger partial charge >= 0.3 is 0 Å². The smallest absolute Gasteiger partial charge is 0.258 e. The fraction of sp³-hybridized carbons (Fsp3) is 0.364. The Morgan fingerprint density at radius 3 is 2.44 bits per heavy atom. The molecule has 10 nitrogen and oxygen atoms in total. The maximum Gasteiger partial charge on any atom is 0.258 e. The fourth-order valence-electron chi connectivity index (χ4n) is 5.79. The Balaban J connectivity index is 1.24. The molecule has 2 saturated heterocycles. The lowest BCUT2D eigenvalue weighted by atomic mass is 10.1. The van der Waals surface area contributed by atoms with E-state index in [0.29, 0.717) is 42.3 Å². The second kappa shape index (κ2) is 12.6. The highest BCUT2D eigenvalue weighted by Gasteiger charge is 2.38. The third-order valence-corrected chi connectivity index (χ3v) is 8.19. The number of carbonyl (C=O) groups excluding carboxylic acids is 3. The number of ether oxygens (including phenoxy) is 3. The number of likely N-dealkylation sites (tertiary alicyclic amines) is 1. The van der Waals surface area contributed by atoms with Crippen molar-refractivity contribution in [2.75, 3.05) is 44.8 Å². The van der Waals surface area contributed by atoms with Crippen LogP contribution in [0.2, 0.25) is 0 Å². The average Bonchev–Trinajstić information content (AvgIpc) is 3.44. The van der Waals surface area contributed by atoms with Gasteiger partial charge in [0.1, 0.15) is 11.9 Å². The Morgan fingerprint density at radius 1 is 0.930 bits per heavy atom. The van der Waals surface area contributed by atoms with Crippen LogP contribution in [0.4, 0.5) is 5.69 Å². The van der Waals surface area contributed by atoms with Gasteiger partial charge < -0.3 is 34.6 Å². The fourth-order valence-corrected chi connectivity index (χ4v) is 5.79. The molecule has 224 valence electrons. The molecule has 4 heterocycles. The van der Waals surface area contributed by atoms with Gasteiger partial charge in [0.25, 0.3) is 17.7 Å². The summed E-state index contributed by atoms with van der Waals surface area (Å²) in [5.41, 5.74) is 2.96. The number of benzene rings is 3. The van der Waals surface area contributed by atoms with Crippen molar-refractivity contribution >= 4 is 23.4 Å². The van der Waals surface area contributed by atoms with Crippen LogP contribution in [-0.4, -0.2) is 74.7 Å². The van der Waals surface area contributed by atoms with Crippen molar-refractivity contribution in [3.05, 3.63) is 83.4 Å². The number of hydrogen-bond donors (Lipinski definition) is 2. The second-order valence-corrected chi connectivity index (χ2v) is 11.1. The zero-order valence-corrected chi connectivity index (χ0v) is 24.2. The van der Waals surface area contributed by atoms with Gasteiger partial charge in [-0.25, -0.2) is 0 Å². The number of hydrogen-bond acceptors (Lipinski definition) is 7. The van der Waals surface area contributed by atoms with Crippen molar-refractivity contribution in [2.24, 2.45) is 0 Å². The maximum absolute atomic E-state index is 13.6. The summed E-state index contributed by atoms with van der Waals surface area (Å²) >= 11 is 0. The highest BCUT2D eigenvalue weighted by atomic mass is 16.5. The topological polar surface area (TPSA) is 109 Å². The predicted molar refractivity (Wildman–Crippen MR) is 161 cm³/mol. The van der Waals surface area contributed by atoms with E-state index < -0.39 is 12.1 Å². The molecule has 3 aromatic carbocycles. The van der Waals surface area contributed by atoms with Crippen molar-refractivity contribution in [1.82, 2.24) is 15.5 Å². The second-order valence-electron chi connectivity index (χ2n) is 11.1. The number of carbonyl (C=O) groups is 3. The summed E-state index contributed by atoms with van der Waals surface area (Å²) in [5.74, 6) is 0.533. The van der Waals surface area contributed by atoms with Gasteiger partial charge in [-0.05, 0) is 79.4 Å². The van der Waals surface area contributed by atoms with Gasteiger partial charge in [0.05, 0.1) is 19.7 Å². The van der Waals surface area contributed by atoms with Crippen LogP contribution in [0, 0.1) is 0 Å². The van der Waals surface area contributed by atoms with Crippen molar-refractivity contribution in [3.8, 4) is 17.2 Å². The molecule has 3 amide bonds. The molecule has 4 aliphatic heterocycles. The minimum Gasteiger partial charge on any atom is -0.493 e. The monoisotopic (exact) mass is 584 g/mol. The summed E-state index contributed by atoms with van der Waals surface area (Å²) in [6.07, 6.45) is 3.16. The Hall–Kier alpha value is -4.73. The minimum atomic E-state index is -0.476. The molecule has 0 spiro atoms. The molecule has 0 aliphatic carbocycles. The lowest BCUT2D eigenvalue weighted by Crippen LogP contribution is -2.45. The van der Waals surface area contributed by atoms with Gasteiger partial charge in [-0.1, -0.05) is 12.1 Å². The van der Waals surface area contributed by atoms with E-state index in [0.717, 1.165) is 24.3 Å². The van der Waals surface area contributed by atoms with Crippen LogP contribution in [-0.2, 0) is 11.3 Å². The van der Waals surface area contributed by atoms with E-state index in [4.69, 9.17) is 14.2 Å². The third-order valence-electron chi connectivity index (χ3n) is 8.19. The zero-order valence-electron chi connectivity index (χ0n) is 24.2. The standard InChI is InChI=1S/C33H36N4O6/c1-41-28-14-9-24-17-29(28)42-21-31(38)34-18-22-5-12-26(13-6-22)43-30-20-37(19-27(30)35-32(24)39)33(40)23-7-10-25(11-8-23)36-15-3-2-4-16-36/h5-14,17,27,30H,2-4,15-16,18-21H2,1H3,(H,34,38)(H,35,39)/t27-,30-/m0/s1. The van der Waals surface area contributed by atoms with E-state index >= 15 is 0 Å². The summed E-state index contributed by atoms with van der Waals surface area (Å²) in [5, 5.41) is 5.90. The molecule has 2 fully saturated rings. The maximum atomic E-state index is 13.6. The molecule has 2 atom stereocenters. The highest BCUT2D eigenvalue weighted by Crippen LogP contribution is 2.29. The van der Waals surface area contributed by atoms with Gasteiger partial charge in [0.15, 0.2) is 18.1 Å². The number of nitrogens with zero attached hydrogens (tertiary/aromatic N) is 2. The number of nitrogens with one attached hydrogen (secondary N) is 2.